The van der Waals surface area contributed by atoms with Crippen LogP contribution in [0.4, 0.5) is 4.39 Å². The van der Waals surface area contributed by atoms with Crippen LogP contribution in [0, 0.1) is 11.7 Å². The van der Waals surface area contributed by atoms with E-state index in [1.54, 1.807) is 6.07 Å². The van der Waals surface area contributed by atoms with Gasteiger partial charge in [-0.15, -0.1) is 0 Å². The average molecular weight is 329 g/mol. The van der Waals surface area contributed by atoms with Crippen molar-refractivity contribution in [1.82, 2.24) is 10.6 Å². The van der Waals surface area contributed by atoms with Gasteiger partial charge in [0.1, 0.15) is 5.82 Å². The van der Waals surface area contributed by atoms with Gasteiger partial charge in [-0.2, -0.15) is 0 Å². The molecule has 1 aromatic rings. The van der Waals surface area contributed by atoms with Gasteiger partial charge in [-0.1, -0.05) is 22.0 Å². The number of rotatable bonds is 6. The largest absolute Gasteiger partial charge is 0.355 e. The molecule has 1 amide bonds. The predicted molar refractivity (Wildman–Crippen MR) is 76.3 cm³/mol. The maximum atomic E-state index is 13.7. The highest BCUT2D eigenvalue weighted by atomic mass is 79.9. The van der Waals surface area contributed by atoms with Gasteiger partial charge in [-0.25, -0.2) is 4.39 Å². The van der Waals surface area contributed by atoms with E-state index in [0.717, 1.165) is 17.3 Å². The molecule has 1 unspecified atom stereocenters. The molecule has 1 saturated carbocycles. The van der Waals surface area contributed by atoms with Gasteiger partial charge in [0.15, 0.2) is 0 Å². The molecule has 0 heterocycles. The molecule has 1 aromatic carbocycles. The zero-order chi connectivity index (χ0) is 13.8. The molecule has 1 fully saturated rings. The smallest absolute Gasteiger partial charge is 0.223 e. The first kappa shape index (κ1) is 14.5. The molecule has 19 heavy (non-hydrogen) atoms. The molecule has 1 atom stereocenters. The molecule has 0 spiro atoms. The summed E-state index contributed by atoms with van der Waals surface area (Å²) in [5.74, 6) is 0.155. The highest BCUT2D eigenvalue weighted by Gasteiger charge is 2.28. The molecule has 5 heteroatoms. The number of carbonyl (C=O) groups excluding carboxylic acids is 1. The Labute approximate surface area is 121 Å². The van der Waals surface area contributed by atoms with Crippen molar-refractivity contribution in [1.29, 1.82) is 0 Å². The van der Waals surface area contributed by atoms with Crippen LogP contribution in [0.25, 0.3) is 0 Å². The van der Waals surface area contributed by atoms with Crippen molar-refractivity contribution in [2.24, 2.45) is 5.92 Å². The van der Waals surface area contributed by atoms with E-state index in [1.807, 2.05) is 13.0 Å². The van der Waals surface area contributed by atoms with Crippen molar-refractivity contribution in [3.8, 4) is 0 Å². The summed E-state index contributed by atoms with van der Waals surface area (Å²) in [6.45, 7) is 3.13. The van der Waals surface area contributed by atoms with Crippen LogP contribution in [-0.2, 0) is 4.79 Å². The van der Waals surface area contributed by atoms with Gasteiger partial charge in [0.25, 0.3) is 0 Å². The Morgan fingerprint density at radius 3 is 2.84 bits per heavy atom. The van der Waals surface area contributed by atoms with Crippen molar-refractivity contribution >= 4 is 21.8 Å². The van der Waals surface area contributed by atoms with E-state index in [0.29, 0.717) is 18.7 Å². The third-order valence-electron chi connectivity index (χ3n) is 3.25. The van der Waals surface area contributed by atoms with Crippen LogP contribution in [-0.4, -0.2) is 19.0 Å². The Bertz CT molecular complexity index is 463. The zero-order valence-corrected chi connectivity index (χ0v) is 12.5. The molecule has 0 aliphatic heterocycles. The van der Waals surface area contributed by atoms with Gasteiger partial charge in [-0.05, 0) is 31.9 Å². The predicted octanol–water partition coefficient (Wildman–Crippen LogP) is 2.77. The normalized spacial score (nSPS) is 16.2. The van der Waals surface area contributed by atoms with E-state index in [1.165, 1.54) is 6.07 Å². The molecule has 0 radical (unpaired) electrons. The number of carbonyl (C=O) groups is 1. The summed E-state index contributed by atoms with van der Waals surface area (Å²) in [6, 6.07) is 4.97. The molecule has 104 valence electrons. The van der Waals surface area contributed by atoms with E-state index < -0.39 is 0 Å². The second-order valence-corrected chi connectivity index (χ2v) is 5.82. The van der Waals surface area contributed by atoms with Crippen LogP contribution < -0.4 is 10.6 Å². The topological polar surface area (TPSA) is 41.1 Å². The number of nitrogens with one attached hydrogen (secondary N) is 2. The molecule has 0 aromatic heterocycles. The summed E-state index contributed by atoms with van der Waals surface area (Å²) in [5.41, 5.74) is 0.636. The Balaban J connectivity index is 1.74. The quantitative estimate of drug-likeness (QED) is 0.788. The molecule has 0 bridgehead atoms. The van der Waals surface area contributed by atoms with E-state index in [9.17, 15) is 9.18 Å². The zero-order valence-electron chi connectivity index (χ0n) is 10.9. The van der Waals surface area contributed by atoms with E-state index in [4.69, 9.17) is 0 Å². The molecule has 2 rings (SSSR count). The Kier molecular flexibility index (Phi) is 4.93. The van der Waals surface area contributed by atoms with E-state index in [-0.39, 0.29) is 23.7 Å². The van der Waals surface area contributed by atoms with Crippen LogP contribution in [0.2, 0.25) is 0 Å². The first-order valence-corrected chi connectivity index (χ1v) is 7.33. The minimum Gasteiger partial charge on any atom is -0.355 e. The maximum Gasteiger partial charge on any atom is 0.223 e. The molecule has 3 nitrogen and oxygen atoms in total. The van der Waals surface area contributed by atoms with Gasteiger partial charge in [0, 0.05) is 35.1 Å². The fourth-order valence-electron chi connectivity index (χ4n) is 1.93. The first-order valence-electron chi connectivity index (χ1n) is 6.54. The number of hydrogen-bond acceptors (Lipinski definition) is 2. The third-order valence-corrected chi connectivity index (χ3v) is 3.75. The lowest BCUT2D eigenvalue weighted by atomic mass is 10.1. The Morgan fingerprint density at radius 1 is 1.47 bits per heavy atom. The summed E-state index contributed by atoms with van der Waals surface area (Å²) in [4.78, 5) is 11.4. The van der Waals surface area contributed by atoms with Crippen molar-refractivity contribution in [2.45, 2.75) is 25.8 Å². The first-order chi connectivity index (χ1) is 9.08. The highest BCUT2D eigenvalue weighted by molar-refractivity contribution is 9.10. The van der Waals surface area contributed by atoms with Gasteiger partial charge in [0.05, 0.1) is 0 Å². The second-order valence-electron chi connectivity index (χ2n) is 4.91. The number of benzene rings is 1. The lowest BCUT2D eigenvalue weighted by molar-refractivity contribution is -0.122. The summed E-state index contributed by atoms with van der Waals surface area (Å²) >= 11 is 3.24. The van der Waals surface area contributed by atoms with Crippen molar-refractivity contribution in [3.05, 3.63) is 34.1 Å². The van der Waals surface area contributed by atoms with Gasteiger partial charge < -0.3 is 10.6 Å². The monoisotopic (exact) mass is 328 g/mol. The number of amides is 1. The lowest BCUT2D eigenvalue weighted by Gasteiger charge is -2.15. The number of hydrogen-bond donors (Lipinski definition) is 2. The standard InChI is InChI=1S/C14H18BrFN2O/c1-9(12-5-4-11(15)8-13(12)16)17-6-7-18-14(19)10-2-3-10/h4-5,8-10,17H,2-3,6-7H2,1H3,(H,18,19). The molecular formula is C14H18BrFN2O. The Hall–Kier alpha value is -0.940. The van der Waals surface area contributed by atoms with Crippen LogP contribution in [0.3, 0.4) is 0 Å². The summed E-state index contributed by atoms with van der Waals surface area (Å²) in [6.07, 6.45) is 2.03. The minimum atomic E-state index is -0.226. The van der Waals surface area contributed by atoms with Crippen LogP contribution in [0.1, 0.15) is 31.4 Å². The van der Waals surface area contributed by atoms with Crippen molar-refractivity contribution < 1.29 is 9.18 Å². The SMILES string of the molecule is CC(NCCNC(=O)C1CC1)c1ccc(Br)cc1F. The summed E-state index contributed by atoms with van der Waals surface area (Å²) < 4.78 is 14.4. The fourth-order valence-corrected chi connectivity index (χ4v) is 2.26. The molecule has 2 N–H and O–H groups in total. The third kappa shape index (κ3) is 4.28. The Morgan fingerprint density at radius 2 is 2.21 bits per heavy atom. The maximum absolute atomic E-state index is 13.7. The number of halogens is 2. The van der Waals surface area contributed by atoms with Crippen LogP contribution >= 0.6 is 15.9 Å². The lowest BCUT2D eigenvalue weighted by Crippen LogP contribution is -2.33. The summed E-state index contributed by atoms with van der Waals surface area (Å²) in [7, 11) is 0. The van der Waals surface area contributed by atoms with Crippen molar-refractivity contribution in [2.75, 3.05) is 13.1 Å². The van der Waals surface area contributed by atoms with Gasteiger partial charge in [0.2, 0.25) is 5.91 Å². The average Bonchev–Trinajstić information content (AvgIpc) is 3.18. The van der Waals surface area contributed by atoms with Crippen LogP contribution in [0.15, 0.2) is 22.7 Å². The minimum absolute atomic E-state index is 0.0778. The highest BCUT2D eigenvalue weighted by Crippen LogP contribution is 2.28. The van der Waals surface area contributed by atoms with Crippen molar-refractivity contribution in [3.63, 3.8) is 0 Å². The van der Waals surface area contributed by atoms with Crippen LogP contribution in [0.5, 0.6) is 0 Å². The van der Waals surface area contributed by atoms with E-state index >= 15 is 0 Å². The van der Waals surface area contributed by atoms with E-state index in [2.05, 4.69) is 26.6 Å². The fraction of sp³-hybridized carbons (Fsp3) is 0.500. The molecular weight excluding hydrogens is 311 g/mol. The van der Waals surface area contributed by atoms with Gasteiger partial charge >= 0.3 is 0 Å². The summed E-state index contributed by atoms with van der Waals surface area (Å²) in [5, 5.41) is 6.08. The second kappa shape index (κ2) is 6.48. The molecule has 1 aliphatic rings. The van der Waals surface area contributed by atoms with Gasteiger partial charge in [-0.3, -0.25) is 4.79 Å². The molecule has 0 saturated heterocycles. The molecule has 1 aliphatic carbocycles.